The molecule has 0 bridgehead atoms. The number of hydrogen-bond acceptors (Lipinski definition) is 3. The number of benzene rings is 2. The van der Waals surface area contributed by atoms with Crippen LogP contribution in [0, 0.1) is 0 Å². The monoisotopic (exact) mass is 336 g/mol. The molecule has 0 saturated carbocycles. The number of ketones is 1. The molecule has 0 aromatic heterocycles. The van der Waals surface area contributed by atoms with E-state index in [-0.39, 0.29) is 22.9 Å². The van der Waals surface area contributed by atoms with Crippen LogP contribution in [-0.4, -0.2) is 20.0 Å². The SMILES string of the molecule is CCC(=O)C(CS(=O)(=O)c1ccccc1)c1ccc(Cl)cc1. The number of halogens is 1. The van der Waals surface area contributed by atoms with Gasteiger partial charge < -0.3 is 0 Å². The second-order valence-electron chi connectivity index (χ2n) is 5.02. The average molecular weight is 337 g/mol. The summed E-state index contributed by atoms with van der Waals surface area (Å²) in [4.78, 5) is 12.4. The standard InChI is InChI=1S/C17H17ClO3S/c1-2-17(19)16(13-8-10-14(18)11-9-13)12-22(20,21)15-6-4-3-5-7-15/h3-11,16H,2,12H2,1H3. The van der Waals surface area contributed by atoms with Crippen molar-refractivity contribution in [3.8, 4) is 0 Å². The van der Waals surface area contributed by atoms with E-state index in [1.54, 1.807) is 61.5 Å². The molecular formula is C17H17ClO3S. The molecule has 0 aliphatic heterocycles. The molecule has 2 aromatic rings. The first-order valence-electron chi connectivity index (χ1n) is 7.00. The highest BCUT2D eigenvalue weighted by Crippen LogP contribution is 2.25. The van der Waals surface area contributed by atoms with Crippen LogP contribution >= 0.6 is 11.6 Å². The predicted molar refractivity (Wildman–Crippen MR) is 88.0 cm³/mol. The third-order valence-corrected chi connectivity index (χ3v) is 5.51. The van der Waals surface area contributed by atoms with Crippen molar-refractivity contribution in [1.82, 2.24) is 0 Å². The molecule has 2 rings (SSSR count). The normalized spacial score (nSPS) is 12.8. The van der Waals surface area contributed by atoms with Crippen LogP contribution in [0.1, 0.15) is 24.8 Å². The number of Topliss-reactive ketones (excluding diaryl/α,β-unsaturated/α-hetero) is 1. The van der Waals surface area contributed by atoms with Gasteiger partial charge in [-0.25, -0.2) is 8.42 Å². The van der Waals surface area contributed by atoms with Crippen LogP contribution in [0.3, 0.4) is 0 Å². The summed E-state index contributed by atoms with van der Waals surface area (Å²) in [6, 6.07) is 15.0. The molecule has 0 heterocycles. The minimum Gasteiger partial charge on any atom is -0.299 e. The molecule has 5 heteroatoms. The molecule has 0 radical (unpaired) electrons. The van der Waals surface area contributed by atoms with E-state index in [1.165, 1.54) is 0 Å². The second-order valence-corrected chi connectivity index (χ2v) is 7.49. The smallest absolute Gasteiger partial charge is 0.179 e. The molecule has 0 aliphatic carbocycles. The molecule has 3 nitrogen and oxygen atoms in total. The number of rotatable bonds is 6. The van der Waals surface area contributed by atoms with Gasteiger partial charge >= 0.3 is 0 Å². The van der Waals surface area contributed by atoms with Gasteiger partial charge in [0.05, 0.1) is 16.6 Å². The Bertz CT molecular complexity index is 737. The number of carbonyl (C=O) groups excluding carboxylic acids is 1. The van der Waals surface area contributed by atoms with Crippen molar-refractivity contribution in [2.24, 2.45) is 0 Å². The Morgan fingerprint density at radius 2 is 1.64 bits per heavy atom. The summed E-state index contributed by atoms with van der Waals surface area (Å²) in [5.74, 6) is -1.000. The molecule has 116 valence electrons. The van der Waals surface area contributed by atoms with Crippen LogP contribution in [0.4, 0.5) is 0 Å². The van der Waals surface area contributed by atoms with Crippen molar-refractivity contribution in [2.75, 3.05) is 5.75 Å². The van der Waals surface area contributed by atoms with Gasteiger partial charge in [-0.05, 0) is 29.8 Å². The minimum atomic E-state index is -3.53. The van der Waals surface area contributed by atoms with E-state index < -0.39 is 15.8 Å². The molecular weight excluding hydrogens is 320 g/mol. The molecule has 0 aliphatic rings. The van der Waals surface area contributed by atoms with E-state index >= 15 is 0 Å². The molecule has 0 saturated heterocycles. The highest BCUT2D eigenvalue weighted by Gasteiger charge is 2.27. The quantitative estimate of drug-likeness (QED) is 0.804. The van der Waals surface area contributed by atoms with E-state index in [2.05, 4.69) is 0 Å². The lowest BCUT2D eigenvalue weighted by molar-refractivity contribution is -0.119. The Morgan fingerprint density at radius 1 is 1.05 bits per heavy atom. The van der Waals surface area contributed by atoms with Crippen LogP contribution in [-0.2, 0) is 14.6 Å². The molecule has 0 amide bonds. The molecule has 0 spiro atoms. The van der Waals surface area contributed by atoms with Gasteiger partial charge in [-0.2, -0.15) is 0 Å². The van der Waals surface area contributed by atoms with Crippen molar-refractivity contribution in [1.29, 1.82) is 0 Å². The van der Waals surface area contributed by atoms with Gasteiger partial charge in [0.1, 0.15) is 5.78 Å². The first kappa shape index (κ1) is 16.7. The molecule has 1 unspecified atom stereocenters. The Morgan fingerprint density at radius 3 is 2.18 bits per heavy atom. The summed E-state index contributed by atoms with van der Waals surface area (Å²) < 4.78 is 25.0. The summed E-state index contributed by atoms with van der Waals surface area (Å²) in [5, 5.41) is 0.553. The maximum atomic E-state index is 12.5. The highest BCUT2D eigenvalue weighted by atomic mass is 35.5. The zero-order valence-corrected chi connectivity index (χ0v) is 13.8. The Kier molecular flexibility index (Phi) is 5.37. The van der Waals surface area contributed by atoms with Crippen LogP contribution in [0.15, 0.2) is 59.5 Å². The Labute approximate surface area is 135 Å². The van der Waals surface area contributed by atoms with E-state index in [0.717, 1.165) is 0 Å². The lowest BCUT2D eigenvalue weighted by Gasteiger charge is -2.16. The number of hydrogen-bond donors (Lipinski definition) is 0. The summed E-state index contributed by atoms with van der Waals surface area (Å²) in [5.41, 5.74) is 0.677. The van der Waals surface area contributed by atoms with Crippen molar-refractivity contribution >= 4 is 27.2 Å². The first-order chi connectivity index (χ1) is 10.4. The largest absolute Gasteiger partial charge is 0.299 e. The van der Waals surface area contributed by atoms with Crippen molar-refractivity contribution in [2.45, 2.75) is 24.2 Å². The summed E-state index contributed by atoms with van der Waals surface area (Å²) >= 11 is 5.86. The van der Waals surface area contributed by atoms with E-state index in [4.69, 9.17) is 11.6 Å². The molecule has 22 heavy (non-hydrogen) atoms. The Hall–Kier alpha value is -1.65. The zero-order valence-electron chi connectivity index (χ0n) is 12.2. The number of carbonyl (C=O) groups is 1. The highest BCUT2D eigenvalue weighted by molar-refractivity contribution is 7.91. The molecule has 2 aromatic carbocycles. The zero-order chi connectivity index (χ0) is 16.2. The molecule has 0 N–H and O–H groups in total. The minimum absolute atomic E-state index is 0.0955. The summed E-state index contributed by atoms with van der Waals surface area (Å²) in [7, 11) is -3.53. The van der Waals surface area contributed by atoms with Crippen molar-refractivity contribution in [3.05, 3.63) is 65.2 Å². The topological polar surface area (TPSA) is 51.2 Å². The van der Waals surface area contributed by atoms with Gasteiger partial charge in [0, 0.05) is 11.4 Å². The second kappa shape index (κ2) is 7.07. The maximum absolute atomic E-state index is 12.5. The third-order valence-electron chi connectivity index (χ3n) is 3.50. The molecule has 1 atom stereocenters. The fourth-order valence-corrected chi connectivity index (χ4v) is 3.97. The van der Waals surface area contributed by atoms with Gasteiger partial charge in [0.15, 0.2) is 9.84 Å². The van der Waals surface area contributed by atoms with Crippen LogP contribution in [0.5, 0.6) is 0 Å². The van der Waals surface area contributed by atoms with Crippen LogP contribution in [0.25, 0.3) is 0 Å². The van der Waals surface area contributed by atoms with E-state index in [1.807, 2.05) is 0 Å². The van der Waals surface area contributed by atoms with Crippen LogP contribution in [0.2, 0.25) is 5.02 Å². The fourth-order valence-electron chi connectivity index (χ4n) is 2.26. The maximum Gasteiger partial charge on any atom is 0.179 e. The summed E-state index contributed by atoms with van der Waals surface area (Å²) in [6.45, 7) is 1.74. The van der Waals surface area contributed by atoms with Gasteiger partial charge in [-0.15, -0.1) is 0 Å². The van der Waals surface area contributed by atoms with Gasteiger partial charge in [0.25, 0.3) is 0 Å². The van der Waals surface area contributed by atoms with Crippen molar-refractivity contribution < 1.29 is 13.2 Å². The Balaban J connectivity index is 2.35. The first-order valence-corrected chi connectivity index (χ1v) is 9.03. The lowest BCUT2D eigenvalue weighted by Crippen LogP contribution is -2.22. The van der Waals surface area contributed by atoms with Gasteiger partial charge in [-0.1, -0.05) is 48.9 Å². The molecule has 0 fully saturated rings. The third kappa shape index (κ3) is 3.96. The van der Waals surface area contributed by atoms with Gasteiger partial charge in [0.2, 0.25) is 0 Å². The predicted octanol–water partition coefficient (Wildman–Crippen LogP) is 3.88. The van der Waals surface area contributed by atoms with Crippen molar-refractivity contribution in [3.63, 3.8) is 0 Å². The number of sulfone groups is 1. The average Bonchev–Trinajstić information content (AvgIpc) is 2.54. The van der Waals surface area contributed by atoms with Crippen LogP contribution < -0.4 is 0 Å². The summed E-state index contributed by atoms with van der Waals surface area (Å²) in [6.07, 6.45) is 0.289. The van der Waals surface area contributed by atoms with E-state index in [9.17, 15) is 13.2 Å². The fraction of sp³-hybridized carbons (Fsp3) is 0.235. The van der Waals surface area contributed by atoms with Gasteiger partial charge in [-0.3, -0.25) is 4.79 Å². The van der Waals surface area contributed by atoms with E-state index in [0.29, 0.717) is 10.6 Å². The lowest BCUT2D eigenvalue weighted by atomic mass is 9.95.